The highest BCUT2D eigenvalue weighted by Crippen LogP contribution is 2.37. The first-order valence-corrected chi connectivity index (χ1v) is 9.97. The molecule has 2 aromatic rings. The van der Waals surface area contributed by atoms with Gasteiger partial charge in [-0.05, 0) is 68.9 Å². The molecule has 0 bridgehead atoms. The van der Waals surface area contributed by atoms with Crippen LogP contribution in [0.4, 0.5) is 5.00 Å². The first-order chi connectivity index (χ1) is 12.5. The zero-order valence-electron chi connectivity index (χ0n) is 14.9. The number of rotatable bonds is 4. The van der Waals surface area contributed by atoms with E-state index in [0.717, 1.165) is 36.8 Å². The van der Waals surface area contributed by atoms with Crippen molar-refractivity contribution in [1.29, 1.82) is 5.26 Å². The van der Waals surface area contributed by atoms with Gasteiger partial charge in [0.25, 0.3) is 5.91 Å². The summed E-state index contributed by atoms with van der Waals surface area (Å²) in [5.41, 5.74) is 2.61. The molecule has 1 atom stereocenters. The minimum Gasteiger partial charge on any atom is -0.481 e. The summed E-state index contributed by atoms with van der Waals surface area (Å²) >= 11 is 7.48. The van der Waals surface area contributed by atoms with Gasteiger partial charge in [0.15, 0.2) is 6.10 Å². The van der Waals surface area contributed by atoms with Crippen LogP contribution in [-0.2, 0) is 17.6 Å². The number of halogens is 1. The largest absolute Gasteiger partial charge is 0.481 e. The van der Waals surface area contributed by atoms with Crippen molar-refractivity contribution in [3.05, 3.63) is 44.8 Å². The number of carbonyl (C=O) groups is 1. The maximum atomic E-state index is 12.6. The highest BCUT2D eigenvalue weighted by Gasteiger charge is 2.23. The molecule has 1 N–H and O–H groups in total. The van der Waals surface area contributed by atoms with Gasteiger partial charge in [-0.15, -0.1) is 11.3 Å². The van der Waals surface area contributed by atoms with E-state index in [9.17, 15) is 10.1 Å². The molecule has 1 aliphatic carbocycles. The molecule has 1 aromatic carbocycles. The lowest BCUT2D eigenvalue weighted by Gasteiger charge is -2.16. The number of nitriles is 1. The number of hydrogen-bond acceptors (Lipinski definition) is 4. The van der Waals surface area contributed by atoms with Crippen LogP contribution < -0.4 is 10.1 Å². The lowest BCUT2D eigenvalue weighted by atomic mass is 10.1. The molecule has 4 nitrogen and oxygen atoms in total. The van der Waals surface area contributed by atoms with E-state index in [0.29, 0.717) is 21.3 Å². The number of hydrogen-bond donors (Lipinski definition) is 1. The zero-order chi connectivity index (χ0) is 18.7. The van der Waals surface area contributed by atoms with Gasteiger partial charge in [0.2, 0.25) is 0 Å². The van der Waals surface area contributed by atoms with E-state index in [-0.39, 0.29) is 5.91 Å². The Morgan fingerprint density at radius 1 is 1.35 bits per heavy atom. The van der Waals surface area contributed by atoms with Gasteiger partial charge in [0, 0.05) is 9.90 Å². The van der Waals surface area contributed by atoms with Crippen LogP contribution in [-0.4, -0.2) is 12.0 Å². The van der Waals surface area contributed by atoms with Crippen molar-refractivity contribution in [3.63, 3.8) is 0 Å². The molecule has 136 valence electrons. The molecule has 0 saturated heterocycles. The zero-order valence-corrected chi connectivity index (χ0v) is 16.5. The number of nitrogens with one attached hydrogen (secondary N) is 1. The second-order valence-corrected chi connectivity index (χ2v) is 8.08. The van der Waals surface area contributed by atoms with E-state index in [4.69, 9.17) is 16.3 Å². The Morgan fingerprint density at radius 3 is 2.85 bits per heavy atom. The minimum atomic E-state index is -0.677. The van der Waals surface area contributed by atoms with E-state index in [1.807, 2.05) is 6.92 Å². The molecule has 1 aromatic heterocycles. The molecule has 1 heterocycles. The molecule has 0 saturated carbocycles. The fourth-order valence-corrected chi connectivity index (χ4v) is 4.62. The van der Waals surface area contributed by atoms with Crippen molar-refractivity contribution < 1.29 is 9.53 Å². The summed E-state index contributed by atoms with van der Waals surface area (Å²) in [5.74, 6) is 0.367. The van der Waals surface area contributed by atoms with Crippen LogP contribution in [0.15, 0.2) is 18.2 Å². The van der Waals surface area contributed by atoms with Gasteiger partial charge in [-0.3, -0.25) is 4.79 Å². The second-order valence-electron chi connectivity index (χ2n) is 6.54. The molecule has 0 fully saturated rings. The average Bonchev–Trinajstić information content (AvgIpc) is 2.76. The monoisotopic (exact) mass is 388 g/mol. The number of nitrogens with zero attached hydrogens (tertiary/aromatic N) is 1. The number of benzene rings is 1. The van der Waals surface area contributed by atoms with Crippen molar-refractivity contribution in [2.75, 3.05) is 5.32 Å². The van der Waals surface area contributed by atoms with Crippen LogP contribution >= 0.6 is 22.9 Å². The summed E-state index contributed by atoms with van der Waals surface area (Å²) in [6.07, 6.45) is 4.66. The van der Waals surface area contributed by atoms with Gasteiger partial charge in [-0.1, -0.05) is 18.0 Å². The Balaban J connectivity index is 1.74. The SMILES string of the molecule is Cc1cc(Cl)ccc1OC(C)C(=O)Nc1sc2c(c1C#N)CCCCC2. The number of fused-ring (bicyclic) bond motifs is 1. The fraction of sp³-hybridized carbons (Fsp3) is 0.400. The van der Waals surface area contributed by atoms with Gasteiger partial charge in [-0.25, -0.2) is 0 Å². The first kappa shape index (κ1) is 18.8. The molecular formula is C20H21ClN2O2S. The van der Waals surface area contributed by atoms with Crippen LogP contribution in [0.1, 0.15) is 47.8 Å². The van der Waals surface area contributed by atoms with Gasteiger partial charge in [0.1, 0.15) is 16.8 Å². The number of amides is 1. The maximum Gasteiger partial charge on any atom is 0.265 e. The fourth-order valence-electron chi connectivity index (χ4n) is 3.15. The van der Waals surface area contributed by atoms with Crippen molar-refractivity contribution in [1.82, 2.24) is 0 Å². The summed E-state index contributed by atoms with van der Waals surface area (Å²) in [7, 11) is 0. The number of carbonyl (C=O) groups excluding carboxylic acids is 1. The quantitative estimate of drug-likeness (QED) is 0.727. The molecule has 0 radical (unpaired) electrons. The molecule has 1 aliphatic rings. The Labute approximate surface area is 162 Å². The summed E-state index contributed by atoms with van der Waals surface area (Å²) in [6, 6.07) is 7.57. The Bertz CT molecular complexity index is 869. The number of ether oxygens (including phenoxy) is 1. The summed E-state index contributed by atoms with van der Waals surface area (Å²) in [6.45, 7) is 3.59. The highest BCUT2D eigenvalue weighted by atomic mass is 35.5. The van der Waals surface area contributed by atoms with Crippen molar-refractivity contribution in [2.45, 2.75) is 52.1 Å². The molecule has 6 heteroatoms. The lowest BCUT2D eigenvalue weighted by molar-refractivity contribution is -0.122. The van der Waals surface area contributed by atoms with Crippen molar-refractivity contribution in [2.24, 2.45) is 0 Å². The predicted molar refractivity (Wildman–Crippen MR) is 105 cm³/mol. The number of anilines is 1. The summed E-state index contributed by atoms with van der Waals surface area (Å²) < 4.78 is 5.78. The maximum absolute atomic E-state index is 12.6. The molecule has 26 heavy (non-hydrogen) atoms. The van der Waals surface area contributed by atoms with E-state index < -0.39 is 6.10 Å². The third-order valence-corrected chi connectivity index (χ3v) is 6.02. The molecule has 1 unspecified atom stereocenters. The first-order valence-electron chi connectivity index (χ1n) is 8.78. The summed E-state index contributed by atoms with van der Waals surface area (Å²) in [5, 5.41) is 13.7. The van der Waals surface area contributed by atoms with Gasteiger partial charge < -0.3 is 10.1 Å². The van der Waals surface area contributed by atoms with Gasteiger partial charge in [0.05, 0.1) is 5.56 Å². The third-order valence-electron chi connectivity index (χ3n) is 4.58. The third kappa shape index (κ3) is 4.03. The molecule has 0 aliphatic heterocycles. The molecule has 0 spiro atoms. The van der Waals surface area contributed by atoms with Crippen LogP contribution in [0.5, 0.6) is 5.75 Å². The van der Waals surface area contributed by atoms with E-state index >= 15 is 0 Å². The Hall–Kier alpha value is -2.03. The normalized spacial score (nSPS) is 14.7. The van der Waals surface area contributed by atoms with E-state index in [1.54, 1.807) is 25.1 Å². The lowest BCUT2D eigenvalue weighted by Crippen LogP contribution is -2.30. The van der Waals surface area contributed by atoms with E-state index in [1.165, 1.54) is 22.6 Å². The number of aryl methyl sites for hydroxylation is 2. The topological polar surface area (TPSA) is 62.1 Å². The Morgan fingerprint density at radius 2 is 2.12 bits per heavy atom. The van der Waals surface area contributed by atoms with Gasteiger partial charge >= 0.3 is 0 Å². The van der Waals surface area contributed by atoms with Crippen LogP contribution in [0.3, 0.4) is 0 Å². The molecule has 3 rings (SSSR count). The van der Waals surface area contributed by atoms with Crippen LogP contribution in [0.25, 0.3) is 0 Å². The Kier molecular flexibility index (Phi) is 5.85. The molecular weight excluding hydrogens is 368 g/mol. The number of thiophene rings is 1. The van der Waals surface area contributed by atoms with E-state index in [2.05, 4.69) is 11.4 Å². The molecule has 1 amide bonds. The van der Waals surface area contributed by atoms with Crippen molar-refractivity contribution in [3.8, 4) is 11.8 Å². The predicted octanol–water partition coefficient (Wildman–Crippen LogP) is 5.26. The second kappa shape index (κ2) is 8.11. The van der Waals surface area contributed by atoms with Crippen molar-refractivity contribution >= 4 is 33.8 Å². The average molecular weight is 389 g/mol. The van der Waals surface area contributed by atoms with Crippen LogP contribution in [0.2, 0.25) is 5.02 Å². The highest BCUT2D eigenvalue weighted by molar-refractivity contribution is 7.16. The standard InChI is InChI=1S/C20H21ClN2O2S/c1-12-10-14(21)8-9-17(12)25-13(2)19(24)23-20-16(11-22)15-6-4-3-5-7-18(15)26-20/h8-10,13H,3-7H2,1-2H3,(H,23,24). The minimum absolute atomic E-state index is 0.257. The van der Waals surface area contributed by atoms with Crippen LogP contribution in [0, 0.1) is 18.3 Å². The smallest absolute Gasteiger partial charge is 0.265 e. The summed E-state index contributed by atoms with van der Waals surface area (Å²) in [4.78, 5) is 13.8. The van der Waals surface area contributed by atoms with Gasteiger partial charge in [-0.2, -0.15) is 5.26 Å².